The lowest BCUT2D eigenvalue weighted by molar-refractivity contribution is -0.133. The maximum Gasteiger partial charge on any atom is 0.233 e. The number of likely N-dealkylation sites (tertiary alicyclic amines) is 1. The summed E-state index contributed by atoms with van der Waals surface area (Å²) in [5.74, 6) is 1.89. The first-order valence-electron chi connectivity index (χ1n) is 11.9. The van der Waals surface area contributed by atoms with Crippen molar-refractivity contribution in [1.82, 2.24) is 10.2 Å². The number of nitrogens with one attached hydrogen (secondary N) is 1. The Kier molecular flexibility index (Phi) is 5.55. The van der Waals surface area contributed by atoms with Crippen molar-refractivity contribution in [2.45, 2.75) is 55.4 Å². The Morgan fingerprint density at radius 1 is 1.00 bits per heavy atom. The molecule has 5 rings (SSSR count). The maximum absolute atomic E-state index is 13.9. The lowest BCUT2D eigenvalue weighted by atomic mass is 9.79. The van der Waals surface area contributed by atoms with Crippen LogP contribution in [0.3, 0.4) is 0 Å². The summed E-state index contributed by atoms with van der Waals surface area (Å²) in [6, 6.07) is 16.0. The molecule has 3 fully saturated rings. The summed E-state index contributed by atoms with van der Waals surface area (Å²) >= 11 is 0. The van der Waals surface area contributed by atoms with Crippen molar-refractivity contribution in [2.75, 3.05) is 27.3 Å². The van der Waals surface area contributed by atoms with E-state index in [1.165, 1.54) is 0 Å². The van der Waals surface area contributed by atoms with E-state index < -0.39 is 11.0 Å². The van der Waals surface area contributed by atoms with E-state index in [2.05, 4.69) is 11.4 Å². The van der Waals surface area contributed by atoms with Gasteiger partial charge in [-0.1, -0.05) is 30.7 Å². The molecule has 2 aromatic rings. The molecule has 3 aliphatic rings. The van der Waals surface area contributed by atoms with Gasteiger partial charge < -0.3 is 19.7 Å². The van der Waals surface area contributed by atoms with Gasteiger partial charge in [0.15, 0.2) is 0 Å². The van der Waals surface area contributed by atoms with E-state index >= 15 is 0 Å². The van der Waals surface area contributed by atoms with Crippen molar-refractivity contribution in [3.63, 3.8) is 0 Å². The van der Waals surface area contributed by atoms with Gasteiger partial charge in [-0.25, -0.2) is 0 Å². The lowest BCUT2D eigenvalue weighted by Crippen LogP contribution is -2.53. The molecule has 2 aliphatic heterocycles. The van der Waals surface area contributed by atoms with Gasteiger partial charge in [-0.2, -0.15) is 0 Å². The molecule has 0 aromatic heterocycles. The summed E-state index contributed by atoms with van der Waals surface area (Å²) in [7, 11) is 3.31. The fourth-order valence-electron chi connectivity index (χ4n) is 5.82. The second kappa shape index (κ2) is 8.40. The number of benzene rings is 2. The minimum atomic E-state index is -0.453. The van der Waals surface area contributed by atoms with E-state index in [4.69, 9.17) is 9.47 Å². The van der Waals surface area contributed by atoms with Crippen LogP contribution in [0.25, 0.3) is 0 Å². The predicted octanol–water partition coefficient (Wildman–Crippen LogP) is 3.79. The van der Waals surface area contributed by atoms with Crippen LogP contribution in [-0.4, -0.2) is 49.6 Å². The minimum absolute atomic E-state index is 0.0327. The van der Waals surface area contributed by atoms with E-state index in [9.17, 15) is 9.59 Å². The number of amides is 2. The molecule has 6 nitrogen and oxygen atoms in total. The summed E-state index contributed by atoms with van der Waals surface area (Å²) in [6.45, 7) is 1.15. The van der Waals surface area contributed by atoms with Crippen LogP contribution in [0.15, 0.2) is 48.5 Å². The van der Waals surface area contributed by atoms with Crippen molar-refractivity contribution in [3.05, 3.63) is 59.7 Å². The van der Waals surface area contributed by atoms with Gasteiger partial charge in [-0.3, -0.25) is 9.59 Å². The van der Waals surface area contributed by atoms with E-state index in [-0.39, 0.29) is 17.7 Å². The third-order valence-corrected chi connectivity index (χ3v) is 7.79. The van der Waals surface area contributed by atoms with Crippen LogP contribution in [-0.2, 0) is 15.0 Å². The quantitative estimate of drug-likeness (QED) is 0.756. The molecule has 2 saturated heterocycles. The summed E-state index contributed by atoms with van der Waals surface area (Å²) in [5, 5.41) is 3.36. The summed E-state index contributed by atoms with van der Waals surface area (Å²) in [6.07, 6.45) is 5.01. The fraction of sp³-hybridized carbons (Fsp3) is 0.481. The normalized spacial score (nSPS) is 25.9. The van der Waals surface area contributed by atoms with Crippen molar-refractivity contribution in [1.29, 1.82) is 0 Å². The number of hydrogen-bond donors (Lipinski definition) is 1. The lowest BCUT2D eigenvalue weighted by Gasteiger charge is -2.35. The molecule has 0 bridgehead atoms. The average Bonchev–Trinajstić information content (AvgIpc) is 3.60. The van der Waals surface area contributed by atoms with Gasteiger partial charge in [0.2, 0.25) is 11.8 Å². The fourth-order valence-corrected chi connectivity index (χ4v) is 5.82. The molecule has 1 aliphatic carbocycles. The second-order valence-corrected chi connectivity index (χ2v) is 9.74. The van der Waals surface area contributed by atoms with E-state index in [1.807, 2.05) is 47.4 Å². The number of methoxy groups -OCH3 is 2. The number of rotatable bonds is 5. The minimum Gasteiger partial charge on any atom is -0.497 e. The number of carbonyl (C=O) groups is 2. The first-order chi connectivity index (χ1) is 16.0. The van der Waals surface area contributed by atoms with Gasteiger partial charge in [-0.05, 0) is 61.1 Å². The first kappa shape index (κ1) is 21.8. The van der Waals surface area contributed by atoms with E-state index in [0.717, 1.165) is 54.7 Å². The zero-order valence-electron chi connectivity index (χ0n) is 19.4. The molecule has 0 unspecified atom stereocenters. The van der Waals surface area contributed by atoms with Crippen LogP contribution in [0, 0.1) is 0 Å². The monoisotopic (exact) mass is 448 g/mol. The van der Waals surface area contributed by atoms with Gasteiger partial charge in [0.25, 0.3) is 0 Å². The number of nitrogens with zero attached hydrogens (tertiary/aromatic N) is 1. The average molecular weight is 449 g/mol. The van der Waals surface area contributed by atoms with E-state index in [0.29, 0.717) is 19.5 Å². The molecule has 1 spiro atoms. The van der Waals surface area contributed by atoms with Crippen molar-refractivity contribution in [2.24, 2.45) is 0 Å². The molecule has 2 atom stereocenters. The molecule has 2 amide bonds. The van der Waals surface area contributed by atoms with Crippen LogP contribution < -0.4 is 14.8 Å². The Bertz CT molecular complexity index is 1050. The SMILES string of the molecule is COc1ccc(C2(C(=O)N3C[C@@H](c4cccc(OC)c4)[C@@]4(CCCCC(=O)N4)C3)CC2)cc1. The molecule has 1 saturated carbocycles. The second-order valence-electron chi connectivity index (χ2n) is 9.74. The Morgan fingerprint density at radius 3 is 2.45 bits per heavy atom. The highest BCUT2D eigenvalue weighted by Crippen LogP contribution is 2.52. The van der Waals surface area contributed by atoms with Gasteiger partial charge in [0, 0.05) is 25.4 Å². The van der Waals surface area contributed by atoms with Crippen LogP contribution in [0.2, 0.25) is 0 Å². The van der Waals surface area contributed by atoms with Crippen LogP contribution >= 0.6 is 0 Å². The van der Waals surface area contributed by atoms with Gasteiger partial charge in [-0.15, -0.1) is 0 Å². The Balaban J connectivity index is 1.47. The molecule has 6 heteroatoms. The zero-order chi connectivity index (χ0) is 23.1. The van der Waals surface area contributed by atoms with Crippen molar-refractivity contribution in [3.8, 4) is 11.5 Å². The van der Waals surface area contributed by atoms with E-state index in [1.54, 1.807) is 14.2 Å². The molecule has 174 valence electrons. The Hall–Kier alpha value is -3.02. The number of carbonyl (C=O) groups excluding carboxylic acids is 2. The van der Waals surface area contributed by atoms with Gasteiger partial charge in [0.1, 0.15) is 11.5 Å². The first-order valence-corrected chi connectivity index (χ1v) is 11.9. The molecule has 1 N–H and O–H groups in total. The van der Waals surface area contributed by atoms with Crippen LogP contribution in [0.4, 0.5) is 0 Å². The highest BCUT2D eigenvalue weighted by molar-refractivity contribution is 5.92. The summed E-state index contributed by atoms with van der Waals surface area (Å²) < 4.78 is 10.8. The standard InChI is InChI=1S/C27H32N2O4/c1-32-21-11-9-20(10-12-21)26(14-15-26)25(31)29-17-23(19-6-5-7-22(16-19)33-2)27(18-29)13-4-3-8-24(30)28-27/h5-7,9-12,16,23H,3-4,8,13-15,17-18H2,1-2H3,(H,28,30)/t23-,27+/m0/s1. The maximum atomic E-state index is 13.9. The van der Waals surface area contributed by atoms with Crippen molar-refractivity contribution < 1.29 is 19.1 Å². The topological polar surface area (TPSA) is 67.9 Å². The molecule has 0 radical (unpaired) electrons. The van der Waals surface area contributed by atoms with Gasteiger partial charge in [0.05, 0.1) is 25.2 Å². The number of hydrogen-bond acceptors (Lipinski definition) is 4. The highest BCUT2D eigenvalue weighted by Gasteiger charge is 2.57. The van der Waals surface area contributed by atoms with Crippen LogP contribution in [0.1, 0.15) is 55.6 Å². The van der Waals surface area contributed by atoms with Crippen molar-refractivity contribution >= 4 is 11.8 Å². The molecular weight excluding hydrogens is 416 g/mol. The molecule has 33 heavy (non-hydrogen) atoms. The Labute approximate surface area is 195 Å². The molecule has 2 heterocycles. The third-order valence-electron chi connectivity index (χ3n) is 7.79. The zero-order valence-corrected chi connectivity index (χ0v) is 19.4. The smallest absolute Gasteiger partial charge is 0.233 e. The third kappa shape index (κ3) is 3.85. The predicted molar refractivity (Wildman–Crippen MR) is 126 cm³/mol. The van der Waals surface area contributed by atoms with Gasteiger partial charge >= 0.3 is 0 Å². The number of ether oxygens (including phenoxy) is 2. The molecular formula is C27H32N2O4. The summed E-state index contributed by atoms with van der Waals surface area (Å²) in [5.41, 5.74) is 1.27. The highest BCUT2D eigenvalue weighted by atomic mass is 16.5. The Morgan fingerprint density at radius 2 is 1.76 bits per heavy atom. The van der Waals surface area contributed by atoms with Crippen LogP contribution in [0.5, 0.6) is 11.5 Å². The summed E-state index contributed by atoms with van der Waals surface area (Å²) in [4.78, 5) is 28.6. The largest absolute Gasteiger partial charge is 0.497 e. The molecule has 2 aromatic carbocycles.